The van der Waals surface area contributed by atoms with Gasteiger partial charge in [-0.1, -0.05) is 43.7 Å². The number of nitrogens with zero attached hydrogens (tertiary/aromatic N) is 1. The second-order valence-corrected chi connectivity index (χ2v) is 7.25. The molecule has 0 spiro atoms. The summed E-state index contributed by atoms with van der Waals surface area (Å²) in [5, 5.41) is 3.07. The molecule has 1 aliphatic rings. The molecule has 28 heavy (non-hydrogen) atoms. The molecule has 1 N–H and O–H groups in total. The van der Waals surface area contributed by atoms with E-state index >= 15 is 0 Å². The average molecular weight is 403 g/mol. The fraction of sp³-hybridized carbons (Fsp3) is 0.435. The predicted octanol–water partition coefficient (Wildman–Crippen LogP) is 5.03. The zero-order valence-electron chi connectivity index (χ0n) is 16.6. The van der Waals surface area contributed by atoms with E-state index in [1.165, 1.54) is 5.56 Å². The Bertz CT molecular complexity index is 698. The van der Waals surface area contributed by atoms with Crippen LogP contribution in [-0.2, 0) is 11.3 Å². The number of carbonyl (C=O) groups is 1. The van der Waals surface area contributed by atoms with Gasteiger partial charge >= 0.3 is 0 Å². The van der Waals surface area contributed by atoms with Crippen LogP contribution in [0.4, 0.5) is 0 Å². The minimum atomic E-state index is 0. The van der Waals surface area contributed by atoms with Crippen LogP contribution in [0, 0.1) is 5.92 Å². The van der Waals surface area contributed by atoms with Gasteiger partial charge in [0.2, 0.25) is 5.91 Å². The van der Waals surface area contributed by atoms with Crippen molar-refractivity contribution in [3.05, 3.63) is 60.2 Å². The smallest absolute Gasteiger partial charge is 0.223 e. The van der Waals surface area contributed by atoms with Crippen molar-refractivity contribution in [1.82, 2.24) is 10.2 Å². The third-order valence-electron chi connectivity index (χ3n) is 5.10. The van der Waals surface area contributed by atoms with Crippen molar-refractivity contribution in [2.75, 3.05) is 19.6 Å². The monoisotopic (exact) mass is 402 g/mol. The van der Waals surface area contributed by atoms with E-state index in [2.05, 4.69) is 29.3 Å². The quantitative estimate of drug-likeness (QED) is 0.629. The third-order valence-corrected chi connectivity index (χ3v) is 5.10. The van der Waals surface area contributed by atoms with Crippen molar-refractivity contribution < 1.29 is 9.53 Å². The molecule has 3 rings (SSSR count). The minimum absolute atomic E-state index is 0. The van der Waals surface area contributed by atoms with Gasteiger partial charge < -0.3 is 10.1 Å². The van der Waals surface area contributed by atoms with Gasteiger partial charge in [-0.15, -0.1) is 12.4 Å². The summed E-state index contributed by atoms with van der Waals surface area (Å²) in [6.07, 6.45) is 4.09. The maximum absolute atomic E-state index is 12.2. The molecule has 0 unspecified atom stereocenters. The van der Waals surface area contributed by atoms with Crippen molar-refractivity contribution in [3.8, 4) is 11.5 Å². The lowest BCUT2D eigenvalue weighted by Crippen LogP contribution is -2.40. The second kappa shape index (κ2) is 11.7. The first-order valence-electron chi connectivity index (χ1n) is 10.1. The Morgan fingerprint density at radius 1 is 1.04 bits per heavy atom. The maximum atomic E-state index is 12.2. The summed E-state index contributed by atoms with van der Waals surface area (Å²) >= 11 is 0. The largest absolute Gasteiger partial charge is 0.457 e. The van der Waals surface area contributed by atoms with Crippen LogP contribution >= 0.6 is 12.4 Å². The summed E-state index contributed by atoms with van der Waals surface area (Å²) in [6.45, 7) is 5.84. The topological polar surface area (TPSA) is 41.6 Å². The lowest BCUT2D eigenvalue weighted by molar-refractivity contribution is -0.126. The normalized spacial score (nSPS) is 14.9. The molecular formula is C23H31ClN2O2. The number of piperidine rings is 1. The molecule has 0 aromatic heterocycles. The summed E-state index contributed by atoms with van der Waals surface area (Å²) in [4.78, 5) is 14.6. The molecule has 0 atom stereocenters. The maximum Gasteiger partial charge on any atom is 0.223 e. The highest BCUT2D eigenvalue weighted by Gasteiger charge is 2.24. The number of amides is 1. The molecule has 1 saturated heterocycles. The molecule has 1 amide bonds. The molecule has 2 aromatic carbocycles. The van der Waals surface area contributed by atoms with Crippen molar-refractivity contribution in [3.63, 3.8) is 0 Å². The molecule has 4 nitrogen and oxygen atoms in total. The van der Waals surface area contributed by atoms with E-state index in [0.717, 1.165) is 63.4 Å². The molecule has 0 radical (unpaired) electrons. The number of hydrogen-bond donors (Lipinski definition) is 1. The Labute approximate surface area is 174 Å². The van der Waals surface area contributed by atoms with E-state index in [1.54, 1.807) is 0 Å². The van der Waals surface area contributed by atoms with E-state index in [4.69, 9.17) is 4.74 Å². The van der Waals surface area contributed by atoms with E-state index in [1.807, 2.05) is 42.5 Å². The van der Waals surface area contributed by atoms with Gasteiger partial charge in [-0.05, 0) is 62.2 Å². The Morgan fingerprint density at radius 3 is 2.32 bits per heavy atom. The summed E-state index contributed by atoms with van der Waals surface area (Å²) < 4.78 is 5.85. The zero-order chi connectivity index (χ0) is 18.9. The van der Waals surface area contributed by atoms with Gasteiger partial charge in [0.25, 0.3) is 0 Å². The van der Waals surface area contributed by atoms with Gasteiger partial charge in [0.15, 0.2) is 0 Å². The van der Waals surface area contributed by atoms with Crippen LogP contribution in [-0.4, -0.2) is 30.4 Å². The van der Waals surface area contributed by atoms with Gasteiger partial charge in [-0.2, -0.15) is 0 Å². The van der Waals surface area contributed by atoms with Crippen LogP contribution in [0.25, 0.3) is 0 Å². The number of likely N-dealkylation sites (tertiary alicyclic amines) is 1. The molecule has 0 saturated carbocycles. The first kappa shape index (κ1) is 22.3. The number of unbranched alkanes of at least 4 members (excludes halogenated alkanes) is 1. The van der Waals surface area contributed by atoms with Crippen molar-refractivity contribution in [2.45, 2.75) is 39.2 Å². The zero-order valence-corrected chi connectivity index (χ0v) is 17.4. The van der Waals surface area contributed by atoms with Gasteiger partial charge in [-0.25, -0.2) is 0 Å². The SMILES string of the molecule is CCCCNC(=O)C1CCN(Cc2ccc(Oc3ccccc3)cc2)CC1.Cl. The van der Waals surface area contributed by atoms with Gasteiger partial charge in [0.05, 0.1) is 0 Å². The summed E-state index contributed by atoms with van der Waals surface area (Å²) in [7, 11) is 0. The van der Waals surface area contributed by atoms with Crippen LogP contribution in [0.15, 0.2) is 54.6 Å². The van der Waals surface area contributed by atoms with E-state index in [0.29, 0.717) is 0 Å². The van der Waals surface area contributed by atoms with Crippen LogP contribution < -0.4 is 10.1 Å². The average Bonchev–Trinajstić information content (AvgIpc) is 2.71. The molecule has 1 fully saturated rings. The number of para-hydroxylation sites is 1. The van der Waals surface area contributed by atoms with E-state index < -0.39 is 0 Å². The Hall–Kier alpha value is -2.04. The van der Waals surface area contributed by atoms with Crippen molar-refractivity contribution in [2.24, 2.45) is 5.92 Å². The highest BCUT2D eigenvalue weighted by atomic mass is 35.5. The summed E-state index contributed by atoms with van der Waals surface area (Å²) in [5.74, 6) is 2.13. The molecule has 0 bridgehead atoms. The Kier molecular flexibility index (Phi) is 9.32. The number of nitrogens with one attached hydrogen (secondary N) is 1. The fourth-order valence-electron chi connectivity index (χ4n) is 3.43. The highest BCUT2D eigenvalue weighted by molar-refractivity contribution is 5.85. The van der Waals surface area contributed by atoms with Crippen LogP contribution in [0.2, 0.25) is 0 Å². The standard InChI is InChI=1S/C23H30N2O2.ClH/c1-2-3-15-24-23(26)20-13-16-25(17-14-20)18-19-9-11-22(12-10-19)27-21-7-5-4-6-8-21;/h4-12,20H,2-3,13-18H2,1H3,(H,24,26);1H. The third kappa shape index (κ3) is 6.84. The van der Waals surface area contributed by atoms with Crippen LogP contribution in [0.5, 0.6) is 11.5 Å². The second-order valence-electron chi connectivity index (χ2n) is 7.25. The number of benzene rings is 2. The van der Waals surface area contributed by atoms with Gasteiger partial charge in [0.1, 0.15) is 11.5 Å². The lowest BCUT2D eigenvalue weighted by atomic mass is 9.95. The summed E-state index contributed by atoms with van der Waals surface area (Å²) in [6, 6.07) is 18.1. The first-order chi connectivity index (χ1) is 13.2. The molecule has 0 aliphatic carbocycles. The van der Waals surface area contributed by atoms with Crippen molar-refractivity contribution >= 4 is 18.3 Å². The number of ether oxygens (including phenoxy) is 1. The molecule has 1 heterocycles. The summed E-state index contributed by atoms with van der Waals surface area (Å²) in [5.41, 5.74) is 1.28. The Balaban J connectivity index is 0.00000280. The van der Waals surface area contributed by atoms with Crippen LogP contribution in [0.1, 0.15) is 38.2 Å². The Morgan fingerprint density at radius 2 is 1.68 bits per heavy atom. The van der Waals surface area contributed by atoms with E-state index in [-0.39, 0.29) is 24.2 Å². The fourth-order valence-corrected chi connectivity index (χ4v) is 3.43. The highest BCUT2D eigenvalue weighted by Crippen LogP contribution is 2.23. The van der Waals surface area contributed by atoms with Gasteiger partial charge in [-0.3, -0.25) is 9.69 Å². The van der Waals surface area contributed by atoms with E-state index in [9.17, 15) is 4.79 Å². The minimum Gasteiger partial charge on any atom is -0.457 e. The van der Waals surface area contributed by atoms with Crippen LogP contribution in [0.3, 0.4) is 0 Å². The number of halogens is 1. The number of rotatable bonds is 8. The first-order valence-corrected chi connectivity index (χ1v) is 10.1. The predicted molar refractivity (Wildman–Crippen MR) is 116 cm³/mol. The van der Waals surface area contributed by atoms with Crippen molar-refractivity contribution in [1.29, 1.82) is 0 Å². The molecular weight excluding hydrogens is 372 g/mol. The molecule has 2 aromatic rings. The molecule has 5 heteroatoms. The van der Waals surface area contributed by atoms with Gasteiger partial charge in [0, 0.05) is 19.0 Å². The number of carbonyl (C=O) groups excluding carboxylic acids is 1. The lowest BCUT2D eigenvalue weighted by Gasteiger charge is -2.31. The molecule has 152 valence electrons. The molecule has 1 aliphatic heterocycles. The number of hydrogen-bond acceptors (Lipinski definition) is 3.